The third kappa shape index (κ3) is 1.99. The standard InChI is InChI=1S/C18H17N2.Ir/c1-18(2)11-20(3)15-10-19-17-13-7-5-4-6-12(13)8-9-14(17)16(15)18;/h4-6,8-10H,11H2,1-3H3;/q-1;. The van der Waals surface area contributed by atoms with Crippen molar-refractivity contribution in [3.63, 3.8) is 0 Å². The van der Waals surface area contributed by atoms with Gasteiger partial charge in [-0.15, -0.1) is 35.0 Å². The summed E-state index contributed by atoms with van der Waals surface area (Å²) in [4.78, 5) is 7.03. The zero-order valence-electron chi connectivity index (χ0n) is 12.4. The van der Waals surface area contributed by atoms with Gasteiger partial charge in [-0.2, -0.15) is 0 Å². The molecule has 0 aliphatic carbocycles. The summed E-state index contributed by atoms with van der Waals surface area (Å²) in [7, 11) is 2.15. The Bertz CT molecular complexity index is 839. The van der Waals surface area contributed by atoms with Gasteiger partial charge < -0.3 is 9.88 Å². The minimum absolute atomic E-state index is 0. The maximum atomic E-state index is 4.72. The summed E-state index contributed by atoms with van der Waals surface area (Å²) in [6.45, 7) is 5.67. The van der Waals surface area contributed by atoms with Crippen LogP contribution in [0.1, 0.15) is 19.4 Å². The first kappa shape index (κ1) is 14.5. The van der Waals surface area contributed by atoms with Crippen LogP contribution in [0.4, 0.5) is 5.69 Å². The van der Waals surface area contributed by atoms with Gasteiger partial charge in [-0.3, -0.25) is 0 Å². The molecule has 1 radical (unpaired) electrons. The molecule has 1 aliphatic rings. The molecule has 4 rings (SSSR count). The van der Waals surface area contributed by atoms with Gasteiger partial charge in [0.2, 0.25) is 0 Å². The molecule has 21 heavy (non-hydrogen) atoms. The number of fused-ring (bicyclic) bond motifs is 5. The number of benzene rings is 2. The fourth-order valence-electron chi connectivity index (χ4n) is 3.60. The molecule has 1 aromatic heterocycles. The van der Waals surface area contributed by atoms with E-state index in [1.807, 2.05) is 18.3 Å². The van der Waals surface area contributed by atoms with Gasteiger partial charge in [-0.1, -0.05) is 26.0 Å². The summed E-state index contributed by atoms with van der Waals surface area (Å²) in [6, 6.07) is 13.9. The maximum absolute atomic E-state index is 4.72. The van der Waals surface area contributed by atoms with E-state index in [0.717, 1.165) is 17.4 Å². The molecule has 0 N–H and O–H groups in total. The monoisotopic (exact) mass is 454 g/mol. The SMILES string of the molecule is CN1CC(C)(C)c2c1cnc1c2ccc2ccc[c-]c21.[Ir]. The van der Waals surface area contributed by atoms with Crippen LogP contribution in [0.2, 0.25) is 0 Å². The summed E-state index contributed by atoms with van der Waals surface area (Å²) >= 11 is 0. The number of pyridine rings is 1. The normalized spacial score (nSPS) is 16.0. The van der Waals surface area contributed by atoms with E-state index in [2.05, 4.69) is 50.1 Å². The van der Waals surface area contributed by atoms with Crippen molar-refractivity contribution >= 4 is 27.4 Å². The Balaban J connectivity index is 0.00000132. The van der Waals surface area contributed by atoms with E-state index in [1.54, 1.807) is 0 Å². The molecule has 0 bridgehead atoms. The molecule has 0 saturated heterocycles. The smallest absolute Gasteiger partial charge is 0.0577 e. The van der Waals surface area contributed by atoms with E-state index < -0.39 is 0 Å². The van der Waals surface area contributed by atoms with Crippen LogP contribution in [0.25, 0.3) is 21.7 Å². The molecule has 0 fully saturated rings. The van der Waals surface area contributed by atoms with Crippen LogP contribution in [0.15, 0.2) is 36.5 Å². The van der Waals surface area contributed by atoms with Crippen molar-refractivity contribution < 1.29 is 20.1 Å². The summed E-state index contributed by atoms with van der Waals surface area (Å²) in [5.74, 6) is 0. The van der Waals surface area contributed by atoms with Gasteiger partial charge in [-0.05, 0) is 16.5 Å². The average Bonchev–Trinajstić information content (AvgIpc) is 2.68. The van der Waals surface area contributed by atoms with Crippen LogP contribution in [-0.2, 0) is 25.5 Å². The first-order valence-electron chi connectivity index (χ1n) is 7.02. The van der Waals surface area contributed by atoms with Gasteiger partial charge in [0.05, 0.1) is 5.69 Å². The molecule has 3 heteroatoms. The van der Waals surface area contributed by atoms with Crippen molar-refractivity contribution in [3.05, 3.63) is 48.2 Å². The molecule has 2 nitrogen and oxygen atoms in total. The Morgan fingerprint density at radius 1 is 1.24 bits per heavy atom. The fourth-order valence-corrected chi connectivity index (χ4v) is 3.60. The molecule has 2 heterocycles. The zero-order valence-corrected chi connectivity index (χ0v) is 14.8. The number of hydrogen-bond donors (Lipinski definition) is 0. The van der Waals surface area contributed by atoms with E-state index in [0.29, 0.717) is 0 Å². The Morgan fingerprint density at radius 3 is 2.86 bits per heavy atom. The minimum atomic E-state index is 0. The molecule has 1 aliphatic heterocycles. The van der Waals surface area contributed by atoms with Gasteiger partial charge in [0.25, 0.3) is 0 Å². The molecule has 0 atom stereocenters. The van der Waals surface area contributed by atoms with Gasteiger partial charge in [0.15, 0.2) is 0 Å². The maximum Gasteiger partial charge on any atom is 0.0577 e. The summed E-state index contributed by atoms with van der Waals surface area (Å²) in [6.07, 6.45) is 2.02. The summed E-state index contributed by atoms with van der Waals surface area (Å²) in [5.41, 5.74) is 3.92. The van der Waals surface area contributed by atoms with E-state index in [-0.39, 0.29) is 25.5 Å². The van der Waals surface area contributed by atoms with Gasteiger partial charge in [0.1, 0.15) is 0 Å². The van der Waals surface area contributed by atoms with Crippen LogP contribution < -0.4 is 4.90 Å². The second kappa shape index (κ2) is 4.79. The number of likely N-dealkylation sites (N-methyl/N-ethyl adjacent to an activating group) is 1. The molecule has 109 valence electrons. The largest absolute Gasteiger partial charge is 0.372 e. The third-order valence-electron chi connectivity index (χ3n) is 4.37. The van der Waals surface area contributed by atoms with Crippen LogP contribution in [0.5, 0.6) is 0 Å². The number of rotatable bonds is 0. The molecule has 0 spiro atoms. The van der Waals surface area contributed by atoms with Crippen molar-refractivity contribution in [2.75, 3.05) is 18.5 Å². The third-order valence-corrected chi connectivity index (χ3v) is 4.37. The van der Waals surface area contributed by atoms with Crippen LogP contribution in [0.3, 0.4) is 0 Å². The Morgan fingerprint density at radius 2 is 2.05 bits per heavy atom. The van der Waals surface area contributed by atoms with E-state index in [9.17, 15) is 0 Å². The van der Waals surface area contributed by atoms with Gasteiger partial charge >= 0.3 is 0 Å². The van der Waals surface area contributed by atoms with Crippen molar-refractivity contribution in [2.45, 2.75) is 19.3 Å². The molecule has 3 aromatic rings. The fraction of sp³-hybridized carbons (Fsp3) is 0.278. The van der Waals surface area contributed by atoms with Crippen molar-refractivity contribution in [1.29, 1.82) is 0 Å². The quantitative estimate of drug-likeness (QED) is 0.379. The number of hydrogen-bond acceptors (Lipinski definition) is 2. The molecule has 0 saturated carbocycles. The number of anilines is 1. The Hall–Kier alpha value is -1.44. The van der Waals surface area contributed by atoms with Crippen molar-refractivity contribution in [1.82, 2.24) is 4.98 Å². The minimum Gasteiger partial charge on any atom is -0.372 e. The molecule has 2 aromatic carbocycles. The Kier molecular flexibility index (Phi) is 3.31. The van der Waals surface area contributed by atoms with Crippen LogP contribution >= 0.6 is 0 Å². The topological polar surface area (TPSA) is 16.1 Å². The van der Waals surface area contributed by atoms with Crippen LogP contribution in [-0.4, -0.2) is 18.6 Å². The van der Waals surface area contributed by atoms with E-state index >= 15 is 0 Å². The molecule has 0 amide bonds. The second-order valence-electron chi connectivity index (χ2n) is 6.35. The summed E-state index contributed by atoms with van der Waals surface area (Å²) in [5, 5.41) is 3.60. The first-order valence-corrected chi connectivity index (χ1v) is 7.02. The number of nitrogens with zero attached hydrogens (tertiary/aromatic N) is 2. The molecule has 0 unspecified atom stereocenters. The predicted octanol–water partition coefficient (Wildman–Crippen LogP) is 3.91. The summed E-state index contributed by atoms with van der Waals surface area (Å²) < 4.78 is 0. The van der Waals surface area contributed by atoms with E-state index in [1.165, 1.54) is 22.0 Å². The first-order chi connectivity index (χ1) is 9.58. The van der Waals surface area contributed by atoms with Gasteiger partial charge in [0, 0.05) is 45.3 Å². The van der Waals surface area contributed by atoms with E-state index in [4.69, 9.17) is 4.98 Å². The predicted molar refractivity (Wildman–Crippen MR) is 84.4 cm³/mol. The van der Waals surface area contributed by atoms with Gasteiger partial charge in [-0.25, -0.2) is 0 Å². The second-order valence-corrected chi connectivity index (χ2v) is 6.35. The van der Waals surface area contributed by atoms with Crippen molar-refractivity contribution in [2.24, 2.45) is 0 Å². The number of aromatic nitrogens is 1. The van der Waals surface area contributed by atoms with Crippen LogP contribution in [0, 0.1) is 6.07 Å². The van der Waals surface area contributed by atoms with Crippen molar-refractivity contribution in [3.8, 4) is 0 Å². The average molecular weight is 454 g/mol. The molecular formula is C18H17IrN2-. The Labute approximate surface area is 138 Å². The zero-order chi connectivity index (χ0) is 13.9. The molecular weight excluding hydrogens is 436 g/mol.